The summed E-state index contributed by atoms with van der Waals surface area (Å²) >= 11 is 0. The average Bonchev–Trinajstić information content (AvgIpc) is 2.65. The molecule has 3 N–H and O–H groups in total. The molecule has 0 saturated heterocycles. The summed E-state index contributed by atoms with van der Waals surface area (Å²) < 4.78 is 0. The van der Waals surface area contributed by atoms with E-state index >= 15 is 0 Å². The Morgan fingerprint density at radius 1 is 1.29 bits per heavy atom. The highest BCUT2D eigenvalue weighted by molar-refractivity contribution is 5.71. The predicted octanol–water partition coefficient (Wildman–Crippen LogP) is 2.22. The van der Waals surface area contributed by atoms with E-state index in [1.807, 2.05) is 12.1 Å². The molecule has 0 bridgehead atoms. The Balaban J connectivity index is 2.39. The Bertz CT molecular complexity index is 414. The highest BCUT2D eigenvalue weighted by Crippen LogP contribution is 2.22. The van der Waals surface area contributed by atoms with Crippen LogP contribution in [-0.2, 0) is 6.42 Å². The molecule has 0 radical (unpaired) electrons. The van der Waals surface area contributed by atoms with Crippen molar-refractivity contribution in [2.24, 2.45) is 0 Å². The van der Waals surface area contributed by atoms with Crippen LogP contribution in [0.5, 0.6) is 0 Å². The maximum absolute atomic E-state index is 5.75. The number of anilines is 1. The number of nitrogen functional groups attached to an aromatic ring is 1. The molecule has 72 valence electrons. The molecule has 1 aromatic carbocycles. The SMILES string of the molecule is CCc1ccc(-c2n[nH]cc2N)cc1. The number of aryl methyl sites for hydroxylation is 1. The second kappa shape index (κ2) is 3.54. The minimum Gasteiger partial charge on any atom is -0.396 e. The van der Waals surface area contributed by atoms with Gasteiger partial charge in [-0.2, -0.15) is 5.10 Å². The Labute approximate surface area is 83.0 Å². The van der Waals surface area contributed by atoms with E-state index in [9.17, 15) is 0 Å². The van der Waals surface area contributed by atoms with Crippen molar-refractivity contribution in [1.29, 1.82) is 0 Å². The maximum atomic E-state index is 5.75. The van der Waals surface area contributed by atoms with Crippen molar-refractivity contribution in [3.8, 4) is 11.3 Å². The van der Waals surface area contributed by atoms with E-state index in [0.717, 1.165) is 17.7 Å². The van der Waals surface area contributed by atoms with Gasteiger partial charge in [0.1, 0.15) is 5.69 Å². The van der Waals surface area contributed by atoms with Gasteiger partial charge in [-0.3, -0.25) is 5.10 Å². The molecule has 1 aromatic heterocycles. The molecular formula is C11H13N3. The second-order valence-electron chi connectivity index (χ2n) is 3.24. The van der Waals surface area contributed by atoms with Gasteiger partial charge in [0.05, 0.1) is 5.69 Å². The largest absolute Gasteiger partial charge is 0.396 e. The number of hydrogen-bond acceptors (Lipinski definition) is 2. The van der Waals surface area contributed by atoms with Crippen LogP contribution >= 0.6 is 0 Å². The van der Waals surface area contributed by atoms with Gasteiger partial charge in [0.15, 0.2) is 0 Å². The topological polar surface area (TPSA) is 54.7 Å². The Morgan fingerprint density at radius 2 is 2.00 bits per heavy atom. The van der Waals surface area contributed by atoms with Crippen LogP contribution in [0.3, 0.4) is 0 Å². The van der Waals surface area contributed by atoms with Crippen molar-refractivity contribution in [2.45, 2.75) is 13.3 Å². The van der Waals surface area contributed by atoms with E-state index in [1.165, 1.54) is 5.56 Å². The fourth-order valence-corrected chi connectivity index (χ4v) is 1.43. The fraction of sp³-hybridized carbons (Fsp3) is 0.182. The molecule has 0 aliphatic rings. The zero-order chi connectivity index (χ0) is 9.97. The van der Waals surface area contributed by atoms with E-state index in [-0.39, 0.29) is 0 Å². The summed E-state index contributed by atoms with van der Waals surface area (Å²) in [6, 6.07) is 8.30. The molecule has 0 saturated carbocycles. The van der Waals surface area contributed by atoms with Crippen LogP contribution in [-0.4, -0.2) is 10.2 Å². The van der Waals surface area contributed by atoms with Crippen LogP contribution in [0.4, 0.5) is 5.69 Å². The summed E-state index contributed by atoms with van der Waals surface area (Å²) in [5.74, 6) is 0. The van der Waals surface area contributed by atoms with Crippen molar-refractivity contribution >= 4 is 5.69 Å². The lowest BCUT2D eigenvalue weighted by atomic mass is 10.1. The second-order valence-corrected chi connectivity index (χ2v) is 3.24. The number of rotatable bonds is 2. The van der Waals surface area contributed by atoms with Gasteiger partial charge in [-0.15, -0.1) is 0 Å². The van der Waals surface area contributed by atoms with Crippen molar-refractivity contribution in [1.82, 2.24) is 10.2 Å². The lowest BCUT2D eigenvalue weighted by molar-refractivity contribution is 1.09. The molecule has 0 atom stereocenters. The average molecular weight is 187 g/mol. The van der Waals surface area contributed by atoms with Gasteiger partial charge in [-0.05, 0) is 12.0 Å². The molecule has 0 unspecified atom stereocenters. The number of H-pyrrole nitrogens is 1. The summed E-state index contributed by atoms with van der Waals surface area (Å²) in [5, 5.41) is 6.84. The van der Waals surface area contributed by atoms with E-state index in [1.54, 1.807) is 6.20 Å². The monoisotopic (exact) mass is 187 g/mol. The van der Waals surface area contributed by atoms with Gasteiger partial charge >= 0.3 is 0 Å². The van der Waals surface area contributed by atoms with Crippen molar-refractivity contribution in [3.63, 3.8) is 0 Å². The first-order valence-corrected chi connectivity index (χ1v) is 4.70. The summed E-state index contributed by atoms with van der Waals surface area (Å²) in [6.45, 7) is 2.14. The molecule has 0 amide bonds. The highest BCUT2D eigenvalue weighted by Gasteiger charge is 2.04. The van der Waals surface area contributed by atoms with Gasteiger partial charge in [-0.25, -0.2) is 0 Å². The first-order valence-electron chi connectivity index (χ1n) is 4.70. The van der Waals surface area contributed by atoms with Crippen molar-refractivity contribution < 1.29 is 0 Å². The molecule has 0 fully saturated rings. The van der Waals surface area contributed by atoms with Crippen molar-refractivity contribution in [3.05, 3.63) is 36.0 Å². The number of nitrogens with two attached hydrogens (primary N) is 1. The van der Waals surface area contributed by atoms with Gasteiger partial charge in [0, 0.05) is 11.8 Å². The van der Waals surface area contributed by atoms with Crippen LogP contribution in [0.1, 0.15) is 12.5 Å². The summed E-state index contributed by atoms with van der Waals surface area (Å²) in [6.07, 6.45) is 2.75. The summed E-state index contributed by atoms with van der Waals surface area (Å²) in [5.41, 5.74) is 9.64. The first kappa shape index (κ1) is 8.81. The molecule has 0 spiro atoms. The Kier molecular flexibility index (Phi) is 2.23. The number of nitrogens with zero attached hydrogens (tertiary/aromatic N) is 1. The first-order chi connectivity index (χ1) is 6.81. The lowest BCUT2D eigenvalue weighted by Crippen LogP contribution is -1.87. The minimum atomic E-state index is 0.689. The Morgan fingerprint density at radius 3 is 2.50 bits per heavy atom. The zero-order valence-corrected chi connectivity index (χ0v) is 8.12. The molecule has 3 heteroatoms. The predicted molar refractivity (Wildman–Crippen MR) is 57.8 cm³/mol. The van der Waals surface area contributed by atoms with Gasteiger partial charge in [0.2, 0.25) is 0 Å². The van der Waals surface area contributed by atoms with Crippen LogP contribution < -0.4 is 5.73 Å². The lowest BCUT2D eigenvalue weighted by Gasteiger charge is -2.00. The van der Waals surface area contributed by atoms with Crippen molar-refractivity contribution in [2.75, 3.05) is 5.73 Å². The quantitative estimate of drug-likeness (QED) is 0.757. The van der Waals surface area contributed by atoms with E-state index in [2.05, 4.69) is 29.3 Å². The standard InChI is InChI=1S/C11H13N3/c1-2-8-3-5-9(6-4-8)11-10(12)7-13-14-11/h3-7H,2,12H2,1H3,(H,13,14). The van der Waals surface area contributed by atoms with Crippen LogP contribution in [0.15, 0.2) is 30.5 Å². The highest BCUT2D eigenvalue weighted by atomic mass is 15.1. The van der Waals surface area contributed by atoms with Gasteiger partial charge in [-0.1, -0.05) is 31.2 Å². The molecule has 14 heavy (non-hydrogen) atoms. The summed E-state index contributed by atoms with van der Waals surface area (Å²) in [7, 11) is 0. The van der Waals surface area contributed by atoms with Crippen LogP contribution in [0, 0.1) is 0 Å². The molecule has 0 aliphatic heterocycles. The molecular weight excluding hydrogens is 174 g/mol. The normalized spacial score (nSPS) is 10.4. The van der Waals surface area contributed by atoms with Crippen LogP contribution in [0.2, 0.25) is 0 Å². The van der Waals surface area contributed by atoms with Gasteiger partial charge in [0.25, 0.3) is 0 Å². The molecule has 2 rings (SSSR count). The molecule has 0 aliphatic carbocycles. The number of aromatic amines is 1. The third-order valence-corrected chi connectivity index (χ3v) is 2.31. The maximum Gasteiger partial charge on any atom is 0.115 e. The third-order valence-electron chi connectivity index (χ3n) is 2.31. The molecule has 3 nitrogen and oxygen atoms in total. The number of benzene rings is 1. The third kappa shape index (κ3) is 1.48. The van der Waals surface area contributed by atoms with E-state index < -0.39 is 0 Å². The summed E-state index contributed by atoms with van der Waals surface area (Å²) in [4.78, 5) is 0. The number of hydrogen-bond donors (Lipinski definition) is 2. The smallest absolute Gasteiger partial charge is 0.115 e. The zero-order valence-electron chi connectivity index (χ0n) is 8.12. The minimum absolute atomic E-state index is 0.689. The number of aromatic nitrogens is 2. The molecule has 1 heterocycles. The molecule has 2 aromatic rings. The van der Waals surface area contributed by atoms with Gasteiger partial charge < -0.3 is 5.73 Å². The van der Waals surface area contributed by atoms with E-state index in [4.69, 9.17) is 5.73 Å². The Hall–Kier alpha value is -1.77. The number of nitrogens with one attached hydrogen (secondary N) is 1. The van der Waals surface area contributed by atoms with E-state index in [0.29, 0.717) is 5.69 Å². The van der Waals surface area contributed by atoms with Crippen LogP contribution in [0.25, 0.3) is 11.3 Å². The fourth-order valence-electron chi connectivity index (χ4n) is 1.43.